The van der Waals surface area contributed by atoms with Gasteiger partial charge in [-0.25, -0.2) is 0 Å². The van der Waals surface area contributed by atoms with Crippen molar-refractivity contribution in [3.05, 3.63) is 246 Å². The summed E-state index contributed by atoms with van der Waals surface area (Å²) in [4.78, 5) is 6.44. The van der Waals surface area contributed by atoms with Crippen LogP contribution in [0.4, 0.5) is 28.4 Å². The Kier molecular flexibility index (Phi) is 12.9. The van der Waals surface area contributed by atoms with Gasteiger partial charge in [0.2, 0.25) is 0 Å². The molecule has 0 aliphatic heterocycles. The van der Waals surface area contributed by atoms with Crippen LogP contribution in [0.25, 0.3) is 76.8 Å². The van der Waals surface area contributed by atoms with Gasteiger partial charge in [-0.2, -0.15) is 0 Å². The molecule has 0 radical (unpaired) electrons. The summed E-state index contributed by atoms with van der Waals surface area (Å²) in [5, 5.41) is 8.89. The minimum Gasteiger partial charge on any atom is -0.312 e. The van der Waals surface area contributed by atoms with Crippen molar-refractivity contribution in [2.24, 2.45) is 0 Å². The number of anilines is 5. The van der Waals surface area contributed by atoms with Crippen LogP contribution in [-0.4, -0.2) is 14.3 Å². The second-order valence-electron chi connectivity index (χ2n) is 21.9. The van der Waals surface area contributed by atoms with E-state index in [0.29, 0.717) is 0 Å². The van der Waals surface area contributed by atoms with Gasteiger partial charge < -0.3 is 9.80 Å². The van der Waals surface area contributed by atoms with Crippen molar-refractivity contribution in [3.8, 4) is 44.5 Å². The standard InChI is InChI=1S/C72H64N2SSi/c1-47-19-27-51(28-20-47)63-43-59(75-5)44-64(52-29-21-48(2)22-30-52)71(63)73(57-15-11-9-12-16-57)67-41-37-55-36-40-62-68(42-38-56-35-39-61(67)69(55)70(56)62)74(58-17-13-10-14-18-58)72-65(53-31-23-49(3)24-32-53)45-60(76(6,7)8)46-66(72)54-33-25-50(4)26-34-54/h9-11,13-15,17-46H,12,16H2,1-8H3. The maximum atomic E-state index is 2.63. The van der Waals surface area contributed by atoms with Gasteiger partial charge in [0, 0.05) is 49.3 Å². The fourth-order valence-electron chi connectivity index (χ4n) is 11.4. The fraction of sp³-hybridized carbons (Fsp3) is 0.139. The largest absolute Gasteiger partial charge is 0.312 e. The highest BCUT2D eigenvalue weighted by atomic mass is 32.2. The Morgan fingerprint density at radius 2 is 0.842 bits per heavy atom. The van der Waals surface area contributed by atoms with Crippen molar-refractivity contribution in [2.45, 2.75) is 65.1 Å². The summed E-state index contributed by atoms with van der Waals surface area (Å²) >= 11 is 1.81. The molecule has 0 atom stereocenters. The summed E-state index contributed by atoms with van der Waals surface area (Å²) in [6, 6.07) is 76.6. The molecule has 76 heavy (non-hydrogen) atoms. The Balaban J connectivity index is 1.17. The maximum absolute atomic E-state index is 2.63. The highest BCUT2D eigenvalue weighted by Crippen LogP contribution is 2.53. The average molecular weight is 1020 g/mol. The summed E-state index contributed by atoms with van der Waals surface area (Å²) < 4.78 is 0. The van der Waals surface area contributed by atoms with Crippen LogP contribution in [0.3, 0.4) is 0 Å². The Bertz CT molecular complexity index is 3880. The van der Waals surface area contributed by atoms with Crippen molar-refractivity contribution < 1.29 is 0 Å². The Morgan fingerprint density at radius 3 is 1.25 bits per heavy atom. The van der Waals surface area contributed by atoms with E-state index in [0.717, 1.165) is 24.2 Å². The van der Waals surface area contributed by atoms with Crippen LogP contribution < -0.4 is 15.0 Å². The molecule has 1 aliphatic carbocycles. The number of allylic oxidation sites excluding steroid dienone is 4. The van der Waals surface area contributed by atoms with Gasteiger partial charge >= 0.3 is 0 Å². The number of benzene rings is 11. The lowest BCUT2D eigenvalue weighted by Gasteiger charge is -2.35. The lowest BCUT2D eigenvalue weighted by atomic mass is 9.89. The monoisotopic (exact) mass is 1020 g/mol. The minimum atomic E-state index is -1.83. The Hall–Kier alpha value is -7.89. The smallest absolute Gasteiger partial charge is 0.0776 e. The van der Waals surface area contributed by atoms with Crippen molar-refractivity contribution in [1.29, 1.82) is 0 Å². The van der Waals surface area contributed by atoms with Crippen molar-refractivity contribution in [1.82, 2.24) is 0 Å². The molecule has 12 rings (SSSR count). The first-order chi connectivity index (χ1) is 36.9. The molecule has 0 bridgehead atoms. The molecule has 4 heteroatoms. The molecule has 0 unspecified atom stereocenters. The van der Waals surface area contributed by atoms with Crippen LogP contribution in [0.1, 0.15) is 35.1 Å². The number of thioether (sulfide) groups is 1. The van der Waals surface area contributed by atoms with Crippen LogP contribution in [0, 0.1) is 27.7 Å². The van der Waals surface area contributed by atoms with Crippen molar-refractivity contribution >= 4 is 85.8 Å². The van der Waals surface area contributed by atoms with Gasteiger partial charge in [0.05, 0.1) is 30.8 Å². The lowest BCUT2D eigenvalue weighted by Crippen LogP contribution is -2.38. The lowest BCUT2D eigenvalue weighted by molar-refractivity contribution is 0.920. The molecule has 11 aromatic carbocycles. The summed E-state index contributed by atoms with van der Waals surface area (Å²) in [7, 11) is -1.83. The minimum absolute atomic E-state index is 0.919. The van der Waals surface area contributed by atoms with Crippen LogP contribution in [0.2, 0.25) is 19.6 Å². The van der Waals surface area contributed by atoms with E-state index >= 15 is 0 Å². The normalized spacial score (nSPS) is 12.7. The molecule has 0 heterocycles. The van der Waals surface area contributed by atoms with E-state index in [1.54, 1.807) is 0 Å². The van der Waals surface area contributed by atoms with Gasteiger partial charge in [-0.3, -0.25) is 0 Å². The molecular weight excluding hydrogens is 953 g/mol. The number of para-hydroxylation sites is 1. The molecule has 0 N–H and O–H groups in total. The van der Waals surface area contributed by atoms with E-state index in [1.807, 2.05) is 11.8 Å². The number of nitrogens with zero attached hydrogens (tertiary/aromatic N) is 2. The topological polar surface area (TPSA) is 6.48 Å². The number of hydrogen-bond donors (Lipinski definition) is 0. The van der Waals surface area contributed by atoms with Gasteiger partial charge in [-0.05, 0) is 133 Å². The predicted octanol–water partition coefficient (Wildman–Crippen LogP) is 20.6. The molecule has 0 saturated heterocycles. The second kappa shape index (κ2) is 20.0. The predicted molar refractivity (Wildman–Crippen MR) is 335 cm³/mol. The van der Waals surface area contributed by atoms with Crippen molar-refractivity contribution in [3.63, 3.8) is 0 Å². The van der Waals surface area contributed by atoms with Gasteiger partial charge in [0.15, 0.2) is 0 Å². The van der Waals surface area contributed by atoms with E-state index in [9.17, 15) is 0 Å². The van der Waals surface area contributed by atoms with E-state index in [2.05, 4.69) is 282 Å². The Morgan fingerprint density at radius 1 is 0.434 bits per heavy atom. The molecule has 11 aromatic rings. The molecular formula is C72H64N2SSi. The third kappa shape index (κ3) is 9.04. The number of rotatable bonds is 12. The summed E-state index contributed by atoms with van der Waals surface area (Å²) in [5.74, 6) is 0. The molecule has 372 valence electrons. The van der Waals surface area contributed by atoms with E-state index in [1.165, 1.54) is 132 Å². The summed E-state index contributed by atoms with van der Waals surface area (Å²) in [5.41, 5.74) is 21.9. The van der Waals surface area contributed by atoms with Gasteiger partial charge in [-0.15, -0.1) is 11.8 Å². The molecule has 2 nitrogen and oxygen atoms in total. The number of hydrogen-bond acceptors (Lipinski definition) is 3. The third-order valence-corrected chi connectivity index (χ3v) is 18.3. The van der Waals surface area contributed by atoms with Gasteiger partial charge in [0.25, 0.3) is 0 Å². The van der Waals surface area contributed by atoms with Crippen LogP contribution >= 0.6 is 11.8 Å². The number of aryl methyl sites for hydroxylation is 4. The van der Waals surface area contributed by atoms with Crippen LogP contribution in [0.5, 0.6) is 0 Å². The zero-order valence-electron chi connectivity index (χ0n) is 45.0. The van der Waals surface area contributed by atoms with E-state index in [-0.39, 0.29) is 0 Å². The van der Waals surface area contributed by atoms with Crippen LogP contribution in [0.15, 0.2) is 229 Å². The first-order valence-corrected chi connectivity index (χ1v) is 31.5. The fourth-order valence-corrected chi connectivity index (χ4v) is 13.0. The molecule has 1 aliphatic rings. The van der Waals surface area contributed by atoms with Crippen molar-refractivity contribution in [2.75, 3.05) is 16.1 Å². The maximum Gasteiger partial charge on any atom is 0.0776 e. The highest BCUT2D eigenvalue weighted by Gasteiger charge is 2.30. The molecule has 0 fully saturated rings. The molecule has 0 saturated carbocycles. The Labute approximate surface area is 455 Å². The summed E-state index contributed by atoms with van der Waals surface area (Å²) in [6.45, 7) is 16.1. The summed E-state index contributed by atoms with van der Waals surface area (Å²) in [6.07, 6.45) is 11.0. The second-order valence-corrected chi connectivity index (χ2v) is 27.9. The quantitative estimate of drug-likeness (QED) is 0.0684. The SMILES string of the molecule is CSc1cc(-c2ccc(C)cc2)c(N(C2=CC=CCC2)c2ccc3ccc4c(N(c5ccccc5)c5c(-c6ccc(C)cc6)cc([Si](C)(C)C)cc5-c5ccc(C)cc5)ccc5ccc2c3c54)c(-c2ccc(C)cc2)c1. The third-order valence-electron chi connectivity index (χ3n) is 15.6. The van der Waals surface area contributed by atoms with Gasteiger partial charge in [0.1, 0.15) is 0 Å². The zero-order valence-corrected chi connectivity index (χ0v) is 46.8. The first kappa shape index (κ1) is 49.0. The average Bonchev–Trinajstić information content (AvgIpc) is 3.49. The zero-order chi connectivity index (χ0) is 52.2. The molecule has 0 amide bonds. The van der Waals surface area contributed by atoms with E-state index in [4.69, 9.17) is 0 Å². The molecule has 0 spiro atoms. The molecule has 0 aromatic heterocycles. The first-order valence-electron chi connectivity index (χ1n) is 26.8. The van der Waals surface area contributed by atoms with E-state index < -0.39 is 8.07 Å². The highest BCUT2D eigenvalue weighted by molar-refractivity contribution is 7.98. The van der Waals surface area contributed by atoms with Crippen LogP contribution in [-0.2, 0) is 0 Å². The van der Waals surface area contributed by atoms with Gasteiger partial charge in [-0.1, -0.05) is 223 Å².